The smallest absolute Gasteiger partial charge is 0.331 e. The number of nitrogens with one attached hydrogen (secondary N) is 1. The van der Waals surface area contributed by atoms with Gasteiger partial charge in [0.15, 0.2) is 5.13 Å². The van der Waals surface area contributed by atoms with Crippen LogP contribution in [0.3, 0.4) is 0 Å². The third kappa shape index (κ3) is 6.24. The van der Waals surface area contributed by atoms with E-state index < -0.39 is 41.0 Å². The molecule has 6 nitrogen and oxygen atoms in total. The zero-order valence-corrected chi connectivity index (χ0v) is 21.7. The molecule has 4 aromatic rings. The Morgan fingerprint density at radius 1 is 1.08 bits per heavy atom. The molecule has 39 heavy (non-hydrogen) atoms. The molecule has 0 spiro atoms. The Hall–Kier alpha value is -4.28. The van der Waals surface area contributed by atoms with E-state index in [4.69, 9.17) is 9.84 Å². The Balaban J connectivity index is 1.58. The molecule has 0 fully saturated rings. The molecular formula is C29H23F3N2O4S. The second-order valence-corrected chi connectivity index (χ2v) is 9.29. The van der Waals surface area contributed by atoms with Crippen molar-refractivity contribution in [1.82, 2.24) is 4.98 Å². The molecule has 4 rings (SSSR count). The SMILES string of the molecule is CCOC(c1ccccc1)c1cccc(-c2csc(NC(=O)c3cc(F)c(C=C(C)C(=O)O)c(F)c3)n2)c1F. The number of aromatic nitrogens is 1. The summed E-state index contributed by atoms with van der Waals surface area (Å²) >= 11 is 1.02. The Bertz CT molecular complexity index is 1530. The number of thiazole rings is 1. The summed E-state index contributed by atoms with van der Waals surface area (Å²) in [5.74, 6) is -4.88. The van der Waals surface area contributed by atoms with Crippen LogP contribution >= 0.6 is 11.3 Å². The van der Waals surface area contributed by atoms with E-state index in [1.807, 2.05) is 37.3 Å². The third-order valence-corrected chi connectivity index (χ3v) is 6.54. The highest BCUT2D eigenvalue weighted by atomic mass is 32.1. The average Bonchev–Trinajstić information content (AvgIpc) is 3.38. The molecule has 0 saturated carbocycles. The summed E-state index contributed by atoms with van der Waals surface area (Å²) in [6.45, 7) is 3.39. The van der Waals surface area contributed by atoms with Crippen molar-refractivity contribution in [1.29, 1.82) is 0 Å². The van der Waals surface area contributed by atoms with E-state index in [0.717, 1.165) is 35.1 Å². The van der Waals surface area contributed by atoms with E-state index in [-0.39, 0.29) is 27.5 Å². The third-order valence-electron chi connectivity index (χ3n) is 5.79. The van der Waals surface area contributed by atoms with Crippen LogP contribution in [0, 0.1) is 17.5 Å². The predicted octanol–water partition coefficient (Wildman–Crippen LogP) is 7.09. The number of anilines is 1. The summed E-state index contributed by atoms with van der Waals surface area (Å²) in [4.78, 5) is 27.9. The molecule has 0 aliphatic heterocycles. The minimum atomic E-state index is -1.33. The summed E-state index contributed by atoms with van der Waals surface area (Å²) in [6.07, 6.45) is 0.217. The Morgan fingerprint density at radius 3 is 2.41 bits per heavy atom. The lowest BCUT2D eigenvalue weighted by atomic mass is 9.98. The molecule has 0 bridgehead atoms. The number of carbonyl (C=O) groups excluding carboxylic acids is 1. The summed E-state index contributed by atoms with van der Waals surface area (Å²) in [6, 6.07) is 15.7. The molecule has 0 saturated heterocycles. The van der Waals surface area contributed by atoms with E-state index in [9.17, 15) is 18.4 Å². The van der Waals surface area contributed by atoms with Gasteiger partial charge in [-0.2, -0.15) is 0 Å². The lowest BCUT2D eigenvalue weighted by molar-refractivity contribution is -0.132. The fraction of sp³-hybridized carbons (Fsp3) is 0.138. The van der Waals surface area contributed by atoms with E-state index in [2.05, 4.69) is 10.3 Å². The molecule has 200 valence electrons. The summed E-state index contributed by atoms with van der Waals surface area (Å²) in [5, 5.41) is 13.1. The van der Waals surface area contributed by atoms with Crippen molar-refractivity contribution in [3.8, 4) is 11.3 Å². The van der Waals surface area contributed by atoms with Crippen molar-refractivity contribution >= 4 is 34.4 Å². The fourth-order valence-corrected chi connectivity index (χ4v) is 4.57. The van der Waals surface area contributed by atoms with Crippen LogP contribution in [-0.4, -0.2) is 28.6 Å². The van der Waals surface area contributed by atoms with Gasteiger partial charge in [0.05, 0.1) is 5.69 Å². The summed E-state index contributed by atoms with van der Waals surface area (Å²) in [7, 11) is 0. The van der Waals surface area contributed by atoms with Gasteiger partial charge < -0.3 is 9.84 Å². The number of nitrogens with zero attached hydrogens (tertiary/aromatic N) is 1. The van der Waals surface area contributed by atoms with Gasteiger partial charge in [0.2, 0.25) is 0 Å². The van der Waals surface area contributed by atoms with Gasteiger partial charge >= 0.3 is 5.97 Å². The lowest BCUT2D eigenvalue weighted by Gasteiger charge is -2.19. The molecule has 3 aromatic carbocycles. The largest absolute Gasteiger partial charge is 0.478 e. The van der Waals surface area contributed by atoms with Crippen LogP contribution in [0.5, 0.6) is 0 Å². The first-order valence-electron chi connectivity index (χ1n) is 11.8. The quantitative estimate of drug-likeness (QED) is 0.216. The molecular weight excluding hydrogens is 529 g/mol. The number of aliphatic carboxylic acids is 1. The lowest BCUT2D eigenvalue weighted by Crippen LogP contribution is -2.13. The van der Waals surface area contributed by atoms with E-state index in [1.54, 1.807) is 23.6 Å². The molecule has 1 atom stereocenters. The molecule has 1 aromatic heterocycles. The monoisotopic (exact) mass is 552 g/mol. The fourth-order valence-electron chi connectivity index (χ4n) is 3.87. The zero-order valence-electron chi connectivity index (χ0n) is 20.9. The van der Waals surface area contributed by atoms with Crippen LogP contribution in [0.1, 0.15) is 47.0 Å². The molecule has 0 aliphatic carbocycles. The standard InChI is InChI=1S/C29H23F3N2O4S/c1-3-38-26(17-8-5-4-6-9-17)20-11-7-10-19(25(20)32)24-15-39-29(33-24)34-27(35)18-13-22(30)21(23(31)14-18)12-16(2)28(36)37/h4-15,26H,3H2,1-2H3,(H,36,37)(H,33,34,35). The van der Waals surface area contributed by atoms with Crippen molar-refractivity contribution < 1.29 is 32.6 Å². The molecule has 1 amide bonds. The first-order valence-corrected chi connectivity index (χ1v) is 12.7. The maximum Gasteiger partial charge on any atom is 0.331 e. The number of hydrogen-bond acceptors (Lipinski definition) is 5. The number of hydrogen-bond donors (Lipinski definition) is 2. The van der Waals surface area contributed by atoms with Gasteiger partial charge in [-0.1, -0.05) is 42.5 Å². The number of benzene rings is 3. The van der Waals surface area contributed by atoms with Crippen molar-refractivity contribution in [2.24, 2.45) is 0 Å². The van der Waals surface area contributed by atoms with Gasteiger partial charge in [-0.15, -0.1) is 11.3 Å². The first kappa shape index (κ1) is 27.7. The van der Waals surface area contributed by atoms with Crippen LogP contribution in [0.25, 0.3) is 17.3 Å². The minimum Gasteiger partial charge on any atom is -0.478 e. The predicted molar refractivity (Wildman–Crippen MR) is 143 cm³/mol. The Morgan fingerprint density at radius 2 is 1.77 bits per heavy atom. The van der Waals surface area contributed by atoms with Crippen LogP contribution in [0.4, 0.5) is 18.3 Å². The molecule has 0 radical (unpaired) electrons. The highest BCUT2D eigenvalue weighted by Gasteiger charge is 2.22. The van der Waals surface area contributed by atoms with E-state index in [1.165, 1.54) is 6.92 Å². The molecule has 0 aliphatic rings. The minimum absolute atomic E-state index is 0.0933. The normalized spacial score (nSPS) is 12.3. The maximum absolute atomic E-state index is 15.7. The molecule has 10 heteroatoms. The van der Waals surface area contributed by atoms with Crippen molar-refractivity contribution in [3.63, 3.8) is 0 Å². The number of carbonyl (C=O) groups is 2. The maximum atomic E-state index is 15.7. The number of carboxylic acids is 1. The summed E-state index contributed by atoms with van der Waals surface area (Å²) < 4.78 is 50.5. The molecule has 1 unspecified atom stereocenters. The highest BCUT2D eigenvalue weighted by Crippen LogP contribution is 2.34. The molecule has 1 heterocycles. The van der Waals surface area contributed by atoms with Crippen molar-refractivity contribution in [3.05, 3.63) is 111 Å². The average molecular weight is 553 g/mol. The number of rotatable bonds is 9. The van der Waals surface area contributed by atoms with Gasteiger partial charge in [-0.05, 0) is 43.7 Å². The zero-order chi connectivity index (χ0) is 28.1. The van der Waals surface area contributed by atoms with Gasteiger partial charge in [0.1, 0.15) is 23.6 Å². The van der Waals surface area contributed by atoms with Gasteiger partial charge in [0.25, 0.3) is 5.91 Å². The second kappa shape index (κ2) is 12.1. The summed E-state index contributed by atoms with van der Waals surface area (Å²) in [5.41, 5.74) is 0.416. The Kier molecular flexibility index (Phi) is 8.58. The van der Waals surface area contributed by atoms with Crippen LogP contribution in [-0.2, 0) is 9.53 Å². The van der Waals surface area contributed by atoms with Gasteiger partial charge in [-0.25, -0.2) is 22.9 Å². The van der Waals surface area contributed by atoms with Crippen LogP contribution < -0.4 is 5.32 Å². The Labute approximate surface area is 226 Å². The van der Waals surface area contributed by atoms with Crippen molar-refractivity contribution in [2.75, 3.05) is 11.9 Å². The number of ether oxygens (including phenoxy) is 1. The molecule has 2 N–H and O–H groups in total. The first-order chi connectivity index (χ1) is 18.7. The number of amides is 1. The van der Waals surface area contributed by atoms with Gasteiger partial charge in [0, 0.05) is 39.8 Å². The topological polar surface area (TPSA) is 88.5 Å². The van der Waals surface area contributed by atoms with E-state index in [0.29, 0.717) is 12.2 Å². The second-order valence-electron chi connectivity index (χ2n) is 8.43. The number of carboxylic acid groups (broad SMARTS) is 1. The van der Waals surface area contributed by atoms with E-state index >= 15 is 4.39 Å². The van der Waals surface area contributed by atoms with Crippen molar-refractivity contribution in [2.45, 2.75) is 20.0 Å². The van der Waals surface area contributed by atoms with Crippen LogP contribution in [0.15, 0.2) is 71.6 Å². The number of halogens is 3. The highest BCUT2D eigenvalue weighted by molar-refractivity contribution is 7.14. The van der Waals surface area contributed by atoms with Gasteiger partial charge in [-0.3, -0.25) is 10.1 Å². The van der Waals surface area contributed by atoms with Crippen LogP contribution in [0.2, 0.25) is 0 Å².